The number of allylic oxidation sites excluding steroid dienone is 3. The number of hydrogen-bond acceptors (Lipinski definition) is 3. The first-order valence-corrected chi connectivity index (χ1v) is 11.1. The van der Waals surface area contributed by atoms with Gasteiger partial charge in [0.1, 0.15) is 0 Å². The van der Waals surface area contributed by atoms with E-state index in [4.69, 9.17) is 4.74 Å². The third kappa shape index (κ3) is 5.82. The number of thiol groups is 1. The van der Waals surface area contributed by atoms with Crippen LogP contribution in [0.5, 0.6) is 0 Å². The van der Waals surface area contributed by atoms with Crippen LogP contribution in [0.2, 0.25) is 0 Å². The van der Waals surface area contributed by atoms with E-state index in [2.05, 4.69) is 17.6 Å². The minimum Gasteiger partial charge on any atom is -0.490 e. The third-order valence-electron chi connectivity index (χ3n) is 6.61. The molecule has 0 amide bonds. The van der Waals surface area contributed by atoms with E-state index in [1.807, 2.05) is 0 Å². The van der Waals surface area contributed by atoms with Gasteiger partial charge in [-0.1, -0.05) is 0 Å². The van der Waals surface area contributed by atoms with E-state index < -0.39 is 11.7 Å². The maximum atomic E-state index is 14.2. The van der Waals surface area contributed by atoms with Crippen molar-refractivity contribution in [3.05, 3.63) is 23.0 Å². The van der Waals surface area contributed by atoms with Crippen LogP contribution in [0.3, 0.4) is 0 Å². The van der Waals surface area contributed by atoms with Crippen molar-refractivity contribution in [2.45, 2.75) is 76.4 Å². The molecule has 2 aliphatic carbocycles. The summed E-state index contributed by atoms with van der Waals surface area (Å²) in [5, 5.41) is 0.605. The molecule has 0 unspecified atom stereocenters. The normalized spacial score (nSPS) is 33.8. The van der Waals surface area contributed by atoms with E-state index in [0.717, 1.165) is 49.3 Å². The highest BCUT2D eigenvalue weighted by atomic mass is 32.1. The van der Waals surface area contributed by atoms with Crippen LogP contribution >= 0.6 is 12.6 Å². The molecule has 2 fully saturated rings. The minimum atomic E-state index is -0.913. The Bertz CT molecular complexity index is 585. The molecule has 0 spiro atoms. The van der Waals surface area contributed by atoms with Crippen LogP contribution < -0.4 is 0 Å². The molecule has 0 aromatic rings. The highest BCUT2D eigenvalue weighted by Gasteiger charge is 2.30. The molecule has 2 nitrogen and oxygen atoms in total. The standard InChI is InChI=1S/C22H33F2NOS/c1-15-3-2-12-26-22(15)21(24)20(23)14-25-13-16-4-6-17(7-5-16)18-8-10-19(27)11-9-18/h14,16-19,27H,2-13H2,1H3/b21-20-,25-14?. The van der Waals surface area contributed by atoms with Gasteiger partial charge in [-0.3, -0.25) is 4.99 Å². The highest BCUT2D eigenvalue weighted by molar-refractivity contribution is 7.80. The molecule has 0 N–H and O–H groups in total. The summed E-state index contributed by atoms with van der Waals surface area (Å²) in [7, 11) is 0. The van der Waals surface area contributed by atoms with Gasteiger partial charge >= 0.3 is 0 Å². The zero-order valence-corrected chi connectivity index (χ0v) is 17.3. The summed E-state index contributed by atoms with van der Waals surface area (Å²) in [4.78, 5) is 4.20. The number of hydrogen-bond donors (Lipinski definition) is 1. The second-order valence-electron chi connectivity index (χ2n) is 8.57. The van der Waals surface area contributed by atoms with Gasteiger partial charge in [0.05, 0.1) is 12.8 Å². The zero-order valence-electron chi connectivity index (χ0n) is 16.4. The van der Waals surface area contributed by atoms with Crippen molar-refractivity contribution in [2.24, 2.45) is 22.7 Å². The van der Waals surface area contributed by atoms with Crippen molar-refractivity contribution < 1.29 is 13.5 Å². The summed E-state index contributed by atoms with van der Waals surface area (Å²) in [5.74, 6) is 0.476. The molecule has 0 aromatic carbocycles. The highest BCUT2D eigenvalue weighted by Crippen LogP contribution is 2.40. The topological polar surface area (TPSA) is 21.6 Å². The maximum Gasteiger partial charge on any atom is 0.202 e. The Morgan fingerprint density at radius 3 is 2.33 bits per heavy atom. The predicted molar refractivity (Wildman–Crippen MR) is 111 cm³/mol. The second-order valence-corrected chi connectivity index (χ2v) is 9.30. The average Bonchev–Trinajstić information content (AvgIpc) is 2.69. The van der Waals surface area contributed by atoms with Crippen LogP contribution in [0.4, 0.5) is 8.78 Å². The van der Waals surface area contributed by atoms with Crippen LogP contribution in [0.25, 0.3) is 0 Å². The molecule has 0 aromatic heterocycles. The first kappa shape index (κ1) is 20.9. The summed E-state index contributed by atoms with van der Waals surface area (Å²) in [6.07, 6.45) is 12.7. The minimum absolute atomic E-state index is 0.0710. The van der Waals surface area contributed by atoms with E-state index in [0.29, 0.717) is 24.3 Å². The second kappa shape index (κ2) is 10.1. The van der Waals surface area contributed by atoms with Crippen molar-refractivity contribution in [2.75, 3.05) is 13.2 Å². The Hall–Kier alpha value is -0.840. The van der Waals surface area contributed by atoms with Gasteiger partial charge in [0.25, 0.3) is 0 Å². The fourth-order valence-corrected chi connectivity index (χ4v) is 5.16. The van der Waals surface area contributed by atoms with Crippen LogP contribution in [0.1, 0.15) is 71.1 Å². The first-order chi connectivity index (χ1) is 13.0. The van der Waals surface area contributed by atoms with Crippen LogP contribution in [-0.2, 0) is 4.74 Å². The average molecular weight is 398 g/mol. The Morgan fingerprint density at radius 1 is 1.07 bits per heavy atom. The van der Waals surface area contributed by atoms with Gasteiger partial charge in [-0.25, -0.2) is 4.39 Å². The Balaban J connectivity index is 1.45. The summed E-state index contributed by atoms with van der Waals surface area (Å²) in [6, 6.07) is 0. The van der Waals surface area contributed by atoms with Crippen LogP contribution in [-0.4, -0.2) is 24.6 Å². The Morgan fingerprint density at radius 2 is 1.70 bits per heavy atom. The molecule has 5 heteroatoms. The summed E-state index contributed by atoms with van der Waals surface area (Å²) in [6.45, 7) is 2.83. The Kier molecular flexibility index (Phi) is 7.80. The SMILES string of the molecule is CC1=C(/C(F)=C(/F)C=NCC2CCC(C3CCC(S)CC3)CC2)OCCC1. The van der Waals surface area contributed by atoms with E-state index in [9.17, 15) is 8.78 Å². The number of nitrogens with zero attached hydrogens (tertiary/aromatic N) is 1. The van der Waals surface area contributed by atoms with Gasteiger partial charge in [0, 0.05) is 11.8 Å². The molecule has 0 bridgehead atoms. The molecule has 1 heterocycles. The molecule has 0 saturated heterocycles. The number of ether oxygens (including phenoxy) is 1. The van der Waals surface area contributed by atoms with Crippen molar-refractivity contribution >= 4 is 18.8 Å². The molecule has 3 rings (SSSR count). The first-order valence-electron chi connectivity index (χ1n) is 10.6. The van der Waals surface area contributed by atoms with E-state index >= 15 is 0 Å². The number of rotatable bonds is 5. The number of halogens is 2. The van der Waals surface area contributed by atoms with E-state index in [-0.39, 0.29) is 5.76 Å². The van der Waals surface area contributed by atoms with Gasteiger partial charge in [-0.05, 0) is 94.5 Å². The lowest BCUT2D eigenvalue weighted by Crippen LogP contribution is -2.26. The molecule has 152 valence electrons. The third-order valence-corrected chi connectivity index (χ3v) is 7.12. The van der Waals surface area contributed by atoms with Gasteiger partial charge in [0.2, 0.25) is 5.83 Å². The molecule has 27 heavy (non-hydrogen) atoms. The molecule has 0 atom stereocenters. The maximum absolute atomic E-state index is 14.2. The van der Waals surface area contributed by atoms with Crippen LogP contribution in [0.15, 0.2) is 28.0 Å². The van der Waals surface area contributed by atoms with Gasteiger partial charge in [-0.15, -0.1) is 0 Å². The lowest BCUT2D eigenvalue weighted by atomic mass is 9.71. The smallest absolute Gasteiger partial charge is 0.202 e. The summed E-state index contributed by atoms with van der Waals surface area (Å²) in [5.41, 5.74) is 0.771. The van der Waals surface area contributed by atoms with Crippen molar-refractivity contribution in [3.8, 4) is 0 Å². The monoisotopic (exact) mass is 397 g/mol. The molecule has 3 aliphatic rings. The largest absolute Gasteiger partial charge is 0.490 e. The van der Waals surface area contributed by atoms with E-state index in [1.165, 1.54) is 38.5 Å². The van der Waals surface area contributed by atoms with Crippen molar-refractivity contribution in [3.63, 3.8) is 0 Å². The zero-order chi connectivity index (χ0) is 19.2. The molecular weight excluding hydrogens is 364 g/mol. The molecular formula is C22H33F2NOS. The summed E-state index contributed by atoms with van der Waals surface area (Å²) < 4.78 is 33.6. The lowest BCUT2D eigenvalue weighted by molar-refractivity contribution is 0.171. The van der Waals surface area contributed by atoms with Crippen molar-refractivity contribution in [1.29, 1.82) is 0 Å². The fraction of sp³-hybridized carbons (Fsp3) is 0.773. The van der Waals surface area contributed by atoms with Crippen LogP contribution in [0, 0.1) is 17.8 Å². The van der Waals surface area contributed by atoms with Crippen molar-refractivity contribution in [1.82, 2.24) is 0 Å². The van der Waals surface area contributed by atoms with Gasteiger partial charge < -0.3 is 4.74 Å². The molecule has 0 radical (unpaired) electrons. The van der Waals surface area contributed by atoms with E-state index in [1.54, 1.807) is 6.92 Å². The molecule has 2 saturated carbocycles. The quantitative estimate of drug-likeness (QED) is 0.410. The summed E-state index contributed by atoms with van der Waals surface area (Å²) >= 11 is 4.60. The molecule has 1 aliphatic heterocycles. The lowest BCUT2D eigenvalue weighted by Gasteiger charge is -2.36. The van der Waals surface area contributed by atoms with Gasteiger partial charge in [0.15, 0.2) is 11.6 Å². The van der Waals surface area contributed by atoms with Gasteiger partial charge in [-0.2, -0.15) is 17.0 Å². The Labute approximate surface area is 168 Å². The predicted octanol–water partition coefficient (Wildman–Crippen LogP) is 6.59. The fourth-order valence-electron chi connectivity index (χ4n) is 4.86. The number of aliphatic imine (C=N–C) groups is 1.